The Morgan fingerprint density at radius 1 is 1.63 bits per heavy atom. The number of nitrogens with one attached hydrogen (secondary N) is 2. The van der Waals surface area contributed by atoms with E-state index in [0.717, 1.165) is 4.88 Å². The molecule has 1 aliphatic heterocycles. The smallest absolute Gasteiger partial charge is 0.222 e. The van der Waals surface area contributed by atoms with Crippen molar-refractivity contribution < 1.29 is 13.2 Å². The SMILES string of the molecule is C[C@@H](NC(=O)CC1CS(=O)(=O)CCN1)c1cccs1. The van der Waals surface area contributed by atoms with E-state index in [1.54, 1.807) is 11.3 Å². The van der Waals surface area contributed by atoms with Crippen molar-refractivity contribution in [3.05, 3.63) is 22.4 Å². The molecule has 0 bridgehead atoms. The Labute approximate surface area is 117 Å². The Bertz CT molecular complexity index is 525. The van der Waals surface area contributed by atoms with Crippen molar-refractivity contribution in [3.8, 4) is 0 Å². The summed E-state index contributed by atoms with van der Waals surface area (Å²) < 4.78 is 23.0. The second-order valence-electron chi connectivity index (χ2n) is 4.77. The van der Waals surface area contributed by atoms with Crippen LogP contribution in [0.1, 0.15) is 24.3 Å². The summed E-state index contributed by atoms with van der Waals surface area (Å²) >= 11 is 1.59. The van der Waals surface area contributed by atoms with Crippen molar-refractivity contribution in [2.45, 2.75) is 25.4 Å². The molecule has 1 aromatic heterocycles. The summed E-state index contributed by atoms with van der Waals surface area (Å²) in [6.07, 6.45) is 0.203. The van der Waals surface area contributed by atoms with Gasteiger partial charge in [0.05, 0.1) is 17.5 Å². The minimum atomic E-state index is -2.99. The van der Waals surface area contributed by atoms with Gasteiger partial charge in [0.1, 0.15) is 0 Å². The van der Waals surface area contributed by atoms with Crippen LogP contribution in [0.3, 0.4) is 0 Å². The van der Waals surface area contributed by atoms with E-state index in [9.17, 15) is 13.2 Å². The van der Waals surface area contributed by atoms with Gasteiger partial charge in [-0.2, -0.15) is 0 Å². The maximum atomic E-state index is 11.9. The Morgan fingerprint density at radius 2 is 2.42 bits per heavy atom. The van der Waals surface area contributed by atoms with E-state index < -0.39 is 9.84 Å². The third kappa shape index (κ3) is 4.29. The topological polar surface area (TPSA) is 75.3 Å². The standard InChI is InChI=1S/C12H18N2O3S2/c1-9(11-3-2-5-18-11)14-12(15)7-10-8-19(16,17)6-4-13-10/h2-3,5,9-10,13H,4,6-8H2,1H3,(H,14,15)/t9-,10?/m1/s1. The van der Waals surface area contributed by atoms with Crippen LogP contribution in [0.25, 0.3) is 0 Å². The lowest BCUT2D eigenvalue weighted by Gasteiger charge is -2.23. The number of sulfone groups is 1. The van der Waals surface area contributed by atoms with Crippen LogP contribution in [-0.4, -0.2) is 38.4 Å². The van der Waals surface area contributed by atoms with Gasteiger partial charge in [0.15, 0.2) is 9.84 Å². The molecule has 1 unspecified atom stereocenters. The average molecular weight is 302 g/mol. The first-order valence-electron chi connectivity index (χ1n) is 6.23. The molecule has 1 amide bonds. The molecule has 2 atom stereocenters. The quantitative estimate of drug-likeness (QED) is 0.858. The van der Waals surface area contributed by atoms with Gasteiger partial charge in [-0.25, -0.2) is 8.42 Å². The number of thiophene rings is 1. The molecule has 0 saturated carbocycles. The summed E-state index contributed by atoms with van der Waals surface area (Å²) in [5.41, 5.74) is 0. The largest absolute Gasteiger partial charge is 0.349 e. The van der Waals surface area contributed by atoms with Gasteiger partial charge in [-0.05, 0) is 18.4 Å². The van der Waals surface area contributed by atoms with Gasteiger partial charge in [0.2, 0.25) is 5.91 Å². The van der Waals surface area contributed by atoms with Crippen molar-refractivity contribution in [1.82, 2.24) is 10.6 Å². The molecule has 1 saturated heterocycles. The highest BCUT2D eigenvalue weighted by Gasteiger charge is 2.26. The van der Waals surface area contributed by atoms with Crippen LogP contribution in [0.2, 0.25) is 0 Å². The zero-order valence-electron chi connectivity index (χ0n) is 10.8. The second-order valence-corrected chi connectivity index (χ2v) is 7.98. The van der Waals surface area contributed by atoms with Crippen molar-refractivity contribution in [1.29, 1.82) is 0 Å². The van der Waals surface area contributed by atoms with Gasteiger partial charge in [-0.1, -0.05) is 6.07 Å². The third-order valence-corrected chi connectivity index (χ3v) is 5.87. The predicted molar refractivity (Wildman–Crippen MR) is 75.9 cm³/mol. The Hall–Kier alpha value is -0.920. The third-order valence-electron chi connectivity index (χ3n) is 3.08. The van der Waals surface area contributed by atoms with Crippen LogP contribution in [0.4, 0.5) is 0 Å². The lowest BCUT2D eigenvalue weighted by atomic mass is 10.2. The van der Waals surface area contributed by atoms with Crippen molar-refractivity contribution >= 4 is 27.1 Å². The monoisotopic (exact) mass is 302 g/mol. The summed E-state index contributed by atoms with van der Waals surface area (Å²) in [5.74, 6) is 0.0975. The van der Waals surface area contributed by atoms with E-state index in [2.05, 4.69) is 10.6 Å². The van der Waals surface area contributed by atoms with E-state index in [-0.39, 0.29) is 35.9 Å². The van der Waals surface area contributed by atoms with E-state index >= 15 is 0 Å². The first-order valence-corrected chi connectivity index (χ1v) is 8.93. The fourth-order valence-corrected chi connectivity index (χ4v) is 4.31. The average Bonchev–Trinajstić information content (AvgIpc) is 2.80. The van der Waals surface area contributed by atoms with Crippen LogP contribution in [0.5, 0.6) is 0 Å². The molecule has 0 spiro atoms. The molecule has 1 fully saturated rings. The minimum Gasteiger partial charge on any atom is -0.349 e. The van der Waals surface area contributed by atoms with E-state index in [4.69, 9.17) is 0 Å². The summed E-state index contributed by atoms with van der Waals surface area (Å²) in [7, 11) is -2.99. The van der Waals surface area contributed by atoms with Crippen molar-refractivity contribution in [2.75, 3.05) is 18.1 Å². The highest BCUT2D eigenvalue weighted by atomic mass is 32.2. The molecule has 1 aromatic rings. The minimum absolute atomic E-state index is 0.0345. The second kappa shape index (κ2) is 6.02. The van der Waals surface area contributed by atoms with Crippen LogP contribution < -0.4 is 10.6 Å². The first-order chi connectivity index (χ1) is 8.96. The normalized spacial score (nSPS) is 23.7. The Morgan fingerprint density at radius 3 is 3.05 bits per heavy atom. The van der Waals surface area contributed by atoms with E-state index in [1.165, 1.54) is 0 Å². The molecule has 2 N–H and O–H groups in total. The fraction of sp³-hybridized carbons (Fsp3) is 0.583. The molecule has 2 heterocycles. The van der Waals surface area contributed by atoms with Crippen LogP contribution in [0, 0.1) is 0 Å². The number of hydrogen-bond donors (Lipinski definition) is 2. The Balaban J connectivity index is 1.84. The molecule has 106 valence electrons. The summed E-state index contributed by atoms with van der Waals surface area (Å²) in [6.45, 7) is 2.36. The van der Waals surface area contributed by atoms with Gasteiger partial charge >= 0.3 is 0 Å². The number of carbonyl (C=O) groups excluding carboxylic acids is 1. The fourth-order valence-electron chi connectivity index (χ4n) is 2.13. The molecular formula is C12H18N2O3S2. The maximum absolute atomic E-state index is 11.9. The molecule has 7 heteroatoms. The highest BCUT2D eigenvalue weighted by molar-refractivity contribution is 7.91. The highest BCUT2D eigenvalue weighted by Crippen LogP contribution is 2.18. The van der Waals surface area contributed by atoms with Gasteiger partial charge in [-0.15, -0.1) is 11.3 Å². The van der Waals surface area contributed by atoms with Crippen LogP contribution in [0.15, 0.2) is 17.5 Å². The van der Waals surface area contributed by atoms with Crippen LogP contribution >= 0.6 is 11.3 Å². The zero-order chi connectivity index (χ0) is 13.9. The lowest BCUT2D eigenvalue weighted by molar-refractivity contribution is -0.122. The molecule has 2 rings (SSSR count). The van der Waals surface area contributed by atoms with Crippen molar-refractivity contribution in [3.63, 3.8) is 0 Å². The van der Waals surface area contributed by atoms with Crippen molar-refractivity contribution in [2.24, 2.45) is 0 Å². The van der Waals surface area contributed by atoms with E-state index in [0.29, 0.717) is 6.54 Å². The van der Waals surface area contributed by atoms with Gasteiger partial charge in [-0.3, -0.25) is 4.79 Å². The molecule has 0 aliphatic carbocycles. The zero-order valence-corrected chi connectivity index (χ0v) is 12.4. The number of amides is 1. The molecule has 5 nitrogen and oxygen atoms in total. The predicted octanol–water partition coefficient (Wildman–Crippen LogP) is 0.702. The molecular weight excluding hydrogens is 284 g/mol. The lowest BCUT2D eigenvalue weighted by Crippen LogP contribution is -2.47. The number of hydrogen-bond acceptors (Lipinski definition) is 5. The molecule has 19 heavy (non-hydrogen) atoms. The summed E-state index contributed by atoms with van der Waals surface area (Å²) in [5, 5.41) is 7.94. The molecule has 1 aliphatic rings. The first kappa shape index (κ1) is 14.5. The number of rotatable bonds is 4. The van der Waals surface area contributed by atoms with Crippen LogP contribution in [-0.2, 0) is 14.6 Å². The Kier molecular flexibility index (Phi) is 4.59. The number of carbonyl (C=O) groups is 1. The molecule has 0 aromatic carbocycles. The molecule has 0 radical (unpaired) electrons. The summed E-state index contributed by atoms with van der Waals surface area (Å²) in [6, 6.07) is 3.61. The summed E-state index contributed by atoms with van der Waals surface area (Å²) in [4.78, 5) is 13.0. The van der Waals surface area contributed by atoms with Gasteiger partial charge in [0.25, 0.3) is 0 Å². The maximum Gasteiger partial charge on any atom is 0.222 e. The van der Waals surface area contributed by atoms with Gasteiger partial charge < -0.3 is 10.6 Å². The van der Waals surface area contributed by atoms with E-state index in [1.807, 2.05) is 24.4 Å². The van der Waals surface area contributed by atoms with Gasteiger partial charge in [0, 0.05) is 23.9 Å².